The Morgan fingerprint density at radius 2 is 1.48 bits per heavy atom. The molecule has 0 aliphatic heterocycles. The average Bonchev–Trinajstić information content (AvgIpc) is 2.57. The number of rotatable bonds is 5. The van der Waals surface area contributed by atoms with Crippen molar-refractivity contribution >= 4 is 10.8 Å². The Morgan fingerprint density at radius 3 is 2.11 bits per heavy atom. The van der Waals surface area contributed by atoms with Crippen LogP contribution in [0.25, 0.3) is 10.8 Å². The number of hydrogen-bond acceptors (Lipinski definition) is 2. The van der Waals surface area contributed by atoms with Crippen molar-refractivity contribution in [2.45, 2.75) is 13.0 Å². The molecule has 0 aliphatic rings. The van der Waals surface area contributed by atoms with Crippen molar-refractivity contribution in [3.8, 4) is 11.5 Å². The predicted molar refractivity (Wildman–Crippen MR) is 85.9 cm³/mol. The van der Waals surface area contributed by atoms with Crippen LogP contribution in [-0.4, -0.2) is 6.61 Å². The summed E-state index contributed by atoms with van der Waals surface area (Å²) in [5, 5.41) is -0.0704. The summed E-state index contributed by atoms with van der Waals surface area (Å²) in [5.74, 6) is -6.05. The standard InChI is InChI=1S/C19H12F6O2/c1-2-26-12-8-15(21)17(16(22)9-12)19(24,25)27-11-4-5-13-10(7-11)3-6-14(20)18(13)23/h3-9H,2H2,1H3. The molecule has 0 saturated heterocycles. The van der Waals surface area contributed by atoms with Gasteiger partial charge in [0.1, 0.15) is 28.7 Å². The minimum atomic E-state index is -4.36. The minimum Gasteiger partial charge on any atom is -0.494 e. The predicted octanol–water partition coefficient (Wildman–Crippen LogP) is 5.92. The fraction of sp³-hybridized carbons (Fsp3) is 0.158. The molecule has 0 bridgehead atoms. The Bertz CT molecular complexity index is 980. The first kappa shape index (κ1) is 18.9. The third-order valence-electron chi connectivity index (χ3n) is 3.74. The molecule has 142 valence electrons. The monoisotopic (exact) mass is 386 g/mol. The average molecular weight is 386 g/mol. The quantitative estimate of drug-likeness (QED) is 0.507. The zero-order valence-corrected chi connectivity index (χ0v) is 13.8. The van der Waals surface area contributed by atoms with Gasteiger partial charge in [-0.25, -0.2) is 17.6 Å². The van der Waals surface area contributed by atoms with E-state index < -0.39 is 40.7 Å². The zero-order chi connectivity index (χ0) is 19.8. The normalized spacial score (nSPS) is 11.7. The molecule has 8 heteroatoms. The second-order valence-electron chi connectivity index (χ2n) is 5.56. The van der Waals surface area contributed by atoms with Gasteiger partial charge in [0.2, 0.25) is 0 Å². The molecule has 0 N–H and O–H groups in total. The number of fused-ring (bicyclic) bond motifs is 1. The summed E-state index contributed by atoms with van der Waals surface area (Å²) in [7, 11) is 0. The molecule has 0 aromatic heterocycles. The van der Waals surface area contributed by atoms with Crippen molar-refractivity contribution in [3.05, 3.63) is 71.3 Å². The molecule has 0 aliphatic carbocycles. The van der Waals surface area contributed by atoms with Crippen molar-refractivity contribution in [3.63, 3.8) is 0 Å². The van der Waals surface area contributed by atoms with Crippen LogP contribution in [0.3, 0.4) is 0 Å². The van der Waals surface area contributed by atoms with Crippen LogP contribution in [0.5, 0.6) is 11.5 Å². The van der Waals surface area contributed by atoms with E-state index in [-0.39, 0.29) is 23.1 Å². The van der Waals surface area contributed by atoms with Crippen LogP contribution in [-0.2, 0) is 6.11 Å². The fourth-order valence-corrected chi connectivity index (χ4v) is 2.58. The van der Waals surface area contributed by atoms with Crippen LogP contribution >= 0.6 is 0 Å². The number of ether oxygens (including phenoxy) is 2. The van der Waals surface area contributed by atoms with E-state index in [0.29, 0.717) is 12.1 Å². The summed E-state index contributed by atoms with van der Waals surface area (Å²) in [5.41, 5.74) is -1.59. The van der Waals surface area contributed by atoms with Crippen molar-refractivity contribution in [1.82, 2.24) is 0 Å². The van der Waals surface area contributed by atoms with Crippen LogP contribution in [0, 0.1) is 23.3 Å². The van der Waals surface area contributed by atoms with Gasteiger partial charge in [0.25, 0.3) is 0 Å². The highest BCUT2D eigenvalue weighted by atomic mass is 19.3. The fourth-order valence-electron chi connectivity index (χ4n) is 2.58. The van der Waals surface area contributed by atoms with Gasteiger partial charge < -0.3 is 9.47 Å². The first-order valence-corrected chi connectivity index (χ1v) is 7.80. The van der Waals surface area contributed by atoms with Gasteiger partial charge in [0.15, 0.2) is 11.6 Å². The molecule has 27 heavy (non-hydrogen) atoms. The smallest absolute Gasteiger partial charge is 0.432 e. The third-order valence-corrected chi connectivity index (χ3v) is 3.74. The maximum atomic E-state index is 14.3. The molecule has 2 nitrogen and oxygen atoms in total. The van der Waals surface area contributed by atoms with Crippen LogP contribution < -0.4 is 9.47 Å². The third kappa shape index (κ3) is 3.65. The minimum absolute atomic E-state index is 0.0786. The number of benzene rings is 3. The number of alkyl halides is 2. The van der Waals surface area contributed by atoms with Crippen LogP contribution in [0.15, 0.2) is 42.5 Å². The molecule has 3 aromatic rings. The molecular weight excluding hydrogens is 374 g/mol. The summed E-state index contributed by atoms with van der Waals surface area (Å²) in [6.45, 7) is 1.66. The van der Waals surface area contributed by atoms with E-state index in [1.807, 2.05) is 0 Å². The Kier molecular flexibility index (Phi) is 4.91. The van der Waals surface area contributed by atoms with Crippen molar-refractivity contribution in [2.24, 2.45) is 0 Å². The maximum Gasteiger partial charge on any atom is 0.432 e. The summed E-state index contributed by atoms with van der Waals surface area (Å²) in [4.78, 5) is 0. The van der Waals surface area contributed by atoms with E-state index in [4.69, 9.17) is 4.74 Å². The highest BCUT2D eigenvalue weighted by molar-refractivity contribution is 5.84. The Labute approximate surface area is 149 Å². The lowest BCUT2D eigenvalue weighted by Crippen LogP contribution is -2.25. The Morgan fingerprint density at radius 1 is 0.815 bits per heavy atom. The van der Waals surface area contributed by atoms with E-state index in [2.05, 4.69) is 4.74 Å². The molecule has 3 rings (SSSR count). The number of hydrogen-bond donors (Lipinski definition) is 0. The van der Waals surface area contributed by atoms with Crippen molar-refractivity contribution in [2.75, 3.05) is 6.61 Å². The van der Waals surface area contributed by atoms with Gasteiger partial charge in [0, 0.05) is 17.5 Å². The second-order valence-corrected chi connectivity index (χ2v) is 5.56. The van der Waals surface area contributed by atoms with Gasteiger partial charge in [-0.15, -0.1) is 0 Å². The molecule has 0 heterocycles. The van der Waals surface area contributed by atoms with Crippen LogP contribution in [0.4, 0.5) is 26.3 Å². The molecule has 0 radical (unpaired) electrons. The molecule has 0 spiro atoms. The van der Waals surface area contributed by atoms with Gasteiger partial charge >= 0.3 is 6.11 Å². The van der Waals surface area contributed by atoms with Crippen molar-refractivity contribution in [1.29, 1.82) is 0 Å². The van der Waals surface area contributed by atoms with E-state index in [1.54, 1.807) is 6.92 Å². The summed E-state index contributed by atoms with van der Waals surface area (Å²) >= 11 is 0. The first-order valence-electron chi connectivity index (χ1n) is 7.80. The van der Waals surface area contributed by atoms with Gasteiger partial charge in [-0.1, -0.05) is 6.07 Å². The molecule has 0 saturated carbocycles. The lowest BCUT2D eigenvalue weighted by atomic mass is 10.1. The number of halogens is 6. The maximum absolute atomic E-state index is 14.3. The summed E-state index contributed by atoms with van der Waals surface area (Å²) < 4.78 is 92.9. The molecule has 0 fully saturated rings. The molecular formula is C19H12F6O2. The van der Waals surface area contributed by atoms with E-state index in [1.165, 1.54) is 0 Å². The Hall–Kier alpha value is -2.90. The largest absolute Gasteiger partial charge is 0.494 e. The second kappa shape index (κ2) is 7.02. The highest BCUT2D eigenvalue weighted by Crippen LogP contribution is 2.37. The van der Waals surface area contributed by atoms with E-state index in [9.17, 15) is 26.3 Å². The van der Waals surface area contributed by atoms with E-state index in [0.717, 1.165) is 30.3 Å². The van der Waals surface area contributed by atoms with Gasteiger partial charge in [-0.05, 0) is 36.6 Å². The summed E-state index contributed by atoms with van der Waals surface area (Å²) in [6, 6.07) is 6.22. The lowest BCUT2D eigenvalue weighted by Gasteiger charge is -2.20. The van der Waals surface area contributed by atoms with Gasteiger partial charge in [-0.3, -0.25) is 0 Å². The van der Waals surface area contributed by atoms with E-state index >= 15 is 0 Å². The van der Waals surface area contributed by atoms with Gasteiger partial charge in [0.05, 0.1) is 6.61 Å². The highest BCUT2D eigenvalue weighted by Gasteiger charge is 2.41. The van der Waals surface area contributed by atoms with Gasteiger partial charge in [-0.2, -0.15) is 8.78 Å². The molecule has 0 atom stereocenters. The first-order chi connectivity index (χ1) is 12.7. The van der Waals surface area contributed by atoms with Crippen molar-refractivity contribution < 1.29 is 35.8 Å². The topological polar surface area (TPSA) is 18.5 Å². The van der Waals surface area contributed by atoms with Crippen LogP contribution in [0.1, 0.15) is 12.5 Å². The Balaban J connectivity index is 1.97. The molecule has 0 amide bonds. The lowest BCUT2D eigenvalue weighted by molar-refractivity contribution is -0.189. The summed E-state index contributed by atoms with van der Waals surface area (Å²) in [6.07, 6.45) is -4.36. The zero-order valence-electron chi connectivity index (χ0n) is 13.8. The SMILES string of the molecule is CCOc1cc(F)c(C(F)(F)Oc2ccc3c(F)c(F)ccc3c2)c(F)c1. The van der Waals surface area contributed by atoms with Crippen LogP contribution in [0.2, 0.25) is 0 Å². The molecule has 0 unspecified atom stereocenters. The molecule has 3 aromatic carbocycles.